The van der Waals surface area contributed by atoms with Gasteiger partial charge in [0, 0.05) is 0 Å². The summed E-state index contributed by atoms with van der Waals surface area (Å²) in [6.45, 7) is 4.49. The zero-order valence-corrected chi connectivity index (χ0v) is 6.88. The van der Waals surface area contributed by atoms with Crippen molar-refractivity contribution < 1.29 is 5.11 Å². The van der Waals surface area contributed by atoms with Crippen LogP contribution in [0.3, 0.4) is 0 Å². The molecule has 0 aromatic carbocycles. The van der Waals surface area contributed by atoms with E-state index in [1.54, 1.807) is 6.08 Å². The fraction of sp³-hybridized carbons (Fsp3) is 0.750. The van der Waals surface area contributed by atoms with Crippen molar-refractivity contribution in [2.45, 2.75) is 18.9 Å². The summed E-state index contributed by atoms with van der Waals surface area (Å²) in [7, 11) is 4.00. The largest absolute Gasteiger partial charge is 0.393 e. The fourth-order valence-corrected chi connectivity index (χ4v) is 0.717. The molecule has 0 aromatic heterocycles. The zero-order valence-electron chi connectivity index (χ0n) is 6.88. The van der Waals surface area contributed by atoms with E-state index in [4.69, 9.17) is 0 Å². The van der Waals surface area contributed by atoms with Crippen LogP contribution in [-0.2, 0) is 0 Å². The maximum absolute atomic E-state index is 9.20. The Bertz CT molecular complexity index is 91.3. The van der Waals surface area contributed by atoms with Crippen molar-refractivity contribution in [1.82, 2.24) is 4.90 Å². The summed E-state index contributed by atoms with van der Waals surface area (Å²) >= 11 is 0. The quantitative estimate of drug-likeness (QED) is 0.577. The molecule has 10 heavy (non-hydrogen) atoms. The van der Waals surface area contributed by atoms with E-state index in [9.17, 15) is 5.11 Å². The maximum atomic E-state index is 9.20. The molecular weight excluding hydrogens is 126 g/mol. The molecule has 0 aliphatic carbocycles. The molecule has 2 nitrogen and oxygen atoms in total. The summed E-state index contributed by atoms with van der Waals surface area (Å²) in [6, 6.07) is 0. The third-order valence-electron chi connectivity index (χ3n) is 1.35. The molecule has 60 valence electrons. The van der Waals surface area contributed by atoms with Gasteiger partial charge in [-0.25, -0.2) is 0 Å². The lowest BCUT2D eigenvalue weighted by Gasteiger charge is -2.12. The minimum Gasteiger partial charge on any atom is -0.393 e. The van der Waals surface area contributed by atoms with Crippen molar-refractivity contribution in [3.8, 4) is 0 Å². The number of hydrogen-bond acceptors (Lipinski definition) is 2. The lowest BCUT2D eigenvalue weighted by molar-refractivity contribution is 0.155. The zero-order chi connectivity index (χ0) is 7.98. The number of rotatable bonds is 5. The third kappa shape index (κ3) is 5.79. The molecule has 0 amide bonds. The highest BCUT2D eigenvalue weighted by molar-refractivity contribution is 4.72. The molecule has 1 N–H and O–H groups in total. The minimum absolute atomic E-state index is 0.208. The summed E-state index contributed by atoms with van der Waals surface area (Å²) < 4.78 is 0. The topological polar surface area (TPSA) is 23.5 Å². The van der Waals surface area contributed by atoms with Crippen molar-refractivity contribution in [3.05, 3.63) is 12.7 Å². The molecule has 1 atom stereocenters. The number of aliphatic hydroxyl groups excluding tert-OH is 1. The van der Waals surface area contributed by atoms with Gasteiger partial charge in [0.1, 0.15) is 0 Å². The molecule has 0 spiro atoms. The van der Waals surface area contributed by atoms with Gasteiger partial charge in [0.25, 0.3) is 0 Å². The van der Waals surface area contributed by atoms with E-state index in [2.05, 4.69) is 11.5 Å². The van der Waals surface area contributed by atoms with Gasteiger partial charge in [0.2, 0.25) is 0 Å². The Morgan fingerprint density at radius 3 is 2.60 bits per heavy atom. The van der Waals surface area contributed by atoms with Crippen molar-refractivity contribution in [2.75, 3.05) is 20.6 Å². The van der Waals surface area contributed by atoms with Gasteiger partial charge in [-0.2, -0.15) is 0 Å². The molecule has 0 saturated heterocycles. The van der Waals surface area contributed by atoms with Crippen LogP contribution in [0, 0.1) is 0 Å². The van der Waals surface area contributed by atoms with E-state index in [1.807, 2.05) is 14.1 Å². The minimum atomic E-state index is -0.208. The molecule has 0 bridgehead atoms. The fourth-order valence-electron chi connectivity index (χ4n) is 0.717. The van der Waals surface area contributed by atoms with Crippen LogP contribution in [-0.4, -0.2) is 36.8 Å². The van der Waals surface area contributed by atoms with E-state index in [0.29, 0.717) is 6.42 Å². The van der Waals surface area contributed by atoms with Crippen LogP contribution in [0.15, 0.2) is 12.7 Å². The molecule has 0 saturated carbocycles. The van der Waals surface area contributed by atoms with Crippen LogP contribution in [0.1, 0.15) is 12.8 Å². The van der Waals surface area contributed by atoms with Crippen LogP contribution < -0.4 is 0 Å². The van der Waals surface area contributed by atoms with E-state index in [1.165, 1.54) is 0 Å². The Balaban J connectivity index is 3.20. The number of hydrogen-bond donors (Lipinski definition) is 1. The van der Waals surface area contributed by atoms with E-state index < -0.39 is 0 Å². The average molecular weight is 143 g/mol. The first-order valence-corrected chi connectivity index (χ1v) is 3.60. The first-order valence-electron chi connectivity index (χ1n) is 3.60. The Labute approximate surface area is 63.2 Å². The molecule has 0 aliphatic rings. The molecule has 0 aromatic rings. The van der Waals surface area contributed by atoms with Crippen molar-refractivity contribution in [1.29, 1.82) is 0 Å². The second-order valence-electron chi connectivity index (χ2n) is 2.77. The van der Waals surface area contributed by atoms with Gasteiger partial charge >= 0.3 is 0 Å². The van der Waals surface area contributed by atoms with Gasteiger partial charge in [-0.05, 0) is 33.5 Å². The normalized spacial score (nSPS) is 13.6. The van der Waals surface area contributed by atoms with Crippen LogP contribution in [0.5, 0.6) is 0 Å². The van der Waals surface area contributed by atoms with Crippen LogP contribution in [0.25, 0.3) is 0 Å². The summed E-state index contributed by atoms with van der Waals surface area (Å²) in [5.41, 5.74) is 0. The number of aliphatic hydroxyl groups is 1. The SMILES string of the molecule is C=CCC(O)CCN(C)C. The van der Waals surface area contributed by atoms with Crippen LogP contribution >= 0.6 is 0 Å². The monoisotopic (exact) mass is 143 g/mol. The van der Waals surface area contributed by atoms with Gasteiger partial charge in [0.15, 0.2) is 0 Å². The van der Waals surface area contributed by atoms with Gasteiger partial charge in [-0.15, -0.1) is 6.58 Å². The Morgan fingerprint density at radius 2 is 2.20 bits per heavy atom. The van der Waals surface area contributed by atoms with Gasteiger partial charge in [-0.3, -0.25) is 0 Å². The maximum Gasteiger partial charge on any atom is 0.0586 e. The number of nitrogens with zero attached hydrogens (tertiary/aromatic N) is 1. The molecule has 0 rings (SSSR count). The first-order chi connectivity index (χ1) is 4.66. The average Bonchev–Trinajstić information content (AvgIpc) is 1.85. The van der Waals surface area contributed by atoms with Gasteiger partial charge in [0.05, 0.1) is 6.10 Å². The van der Waals surface area contributed by atoms with Crippen LogP contribution in [0.4, 0.5) is 0 Å². The standard InChI is InChI=1S/C8H17NO/c1-4-5-8(10)6-7-9(2)3/h4,8,10H,1,5-7H2,2-3H3. The first kappa shape index (κ1) is 9.66. The van der Waals surface area contributed by atoms with E-state index >= 15 is 0 Å². The summed E-state index contributed by atoms with van der Waals surface area (Å²) in [5.74, 6) is 0. The van der Waals surface area contributed by atoms with Gasteiger partial charge < -0.3 is 10.0 Å². The molecule has 0 aliphatic heterocycles. The third-order valence-corrected chi connectivity index (χ3v) is 1.35. The van der Waals surface area contributed by atoms with Gasteiger partial charge in [-0.1, -0.05) is 6.08 Å². The lowest BCUT2D eigenvalue weighted by atomic mass is 10.2. The molecule has 0 heterocycles. The smallest absolute Gasteiger partial charge is 0.0586 e. The molecule has 0 radical (unpaired) electrons. The highest BCUT2D eigenvalue weighted by Gasteiger charge is 2.00. The lowest BCUT2D eigenvalue weighted by Crippen LogP contribution is -2.18. The Morgan fingerprint density at radius 1 is 1.60 bits per heavy atom. The molecule has 0 fully saturated rings. The summed E-state index contributed by atoms with van der Waals surface area (Å²) in [5, 5.41) is 9.20. The second-order valence-corrected chi connectivity index (χ2v) is 2.77. The summed E-state index contributed by atoms with van der Waals surface area (Å²) in [4.78, 5) is 2.06. The van der Waals surface area contributed by atoms with Crippen molar-refractivity contribution in [3.63, 3.8) is 0 Å². The Hall–Kier alpha value is -0.340. The predicted molar refractivity (Wildman–Crippen MR) is 44.0 cm³/mol. The summed E-state index contributed by atoms with van der Waals surface area (Å²) in [6.07, 6.45) is 3.08. The predicted octanol–water partition coefficient (Wildman–Crippen LogP) is 0.875. The van der Waals surface area contributed by atoms with Crippen molar-refractivity contribution >= 4 is 0 Å². The van der Waals surface area contributed by atoms with E-state index in [0.717, 1.165) is 13.0 Å². The Kier molecular flexibility index (Phi) is 5.26. The molecule has 1 unspecified atom stereocenters. The molecular formula is C8H17NO. The second kappa shape index (κ2) is 5.45. The van der Waals surface area contributed by atoms with E-state index in [-0.39, 0.29) is 6.10 Å². The van der Waals surface area contributed by atoms with Crippen molar-refractivity contribution in [2.24, 2.45) is 0 Å². The highest BCUT2D eigenvalue weighted by Crippen LogP contribution is 1.98. The highest BCUT2D eigenvalue weighted by atomic mass is 16.3. The molecule has 2 heteroatoms. The van der Waals surface area contributed by atoms with Crippen LogP contribution in [0.2, 0.25) is 0 Å².